The summed E-state index contributed by atoms with van der Waals surface area (Å²) in [5, 5.41) is 11.0. The Hall–Kier alpha value is -2.07. The summed E-state index contributed by atoms with van der Waals surface area (Å²) in [6, 6.07) is 13.1. The van der Waals surface area contributed by atoms with E-state index in [4.69, 9.17) is 0 Å². The van der Waals surface area contributed by atoms with Crippen LogP contribution in [0.5, 0.6) is 5.75 Å². The largest absolute Gasteiger partial charge is 0.507 e. The van der Waals surface area contributed by atoms with E-state index in [1.54, 1.807) is 12.1 Å². The van der Waals surface area contributed by atoms with Crippen molar-refractivity contribution in [2.45, 2.75) is 19.3 Å². The highest BCUT2D eigenvalue weighted by Crippen LogP contribution is 2.24. The Labute approximate surface area is 137 Å². The minimum Gasteiger partial charge on any atom is -0.507 e. The summed E-state index contributed by atoms with van der Waals surface area (Å²) in [5.74, 6) is 0.0129. The van der Waals surface area contributed by atoms with Crippen LogP contribution in [0.15, 0.2) is 53.1 Å². The Kier molecular flexibility index (Phi) is 4.29. The molecular formula is C18H16BrNO2. The lowest BCUT2D eigenvalue weighted by molar-refractivity contribution is 0.0977. The quantitative estimate of drug-likeness (QED) is 0.641. The number of benzene rings is 2. The Morgan fingerprint density at radius 3 is 2.86 bits per heavy atom. The summed E-state index contributed by atoms with van der Waals surface area (Å²) in [6.07, 6.45) is 4.02. The number of fused-ring (bicyclic) bond motifs is 1. The summed E-state index contributed by atoms with van der Waals surface area (Å²) in [5.41, 5.74) is 2.73. The average Bonchev–Trinajstić information content (AvgIpc) is 2.93. The van der Waals surface area contributed by atoms with Gasteiger partial charge in [0.1, 0.15) is 5.75 Å². The molecule has 22 heavy (non-hydrogen) atoms. The zero-order valence-electron chi connectivity index (χ0n) is 12.0. The smallest absolute Gasteiger partial charge is 0.166 e. The van der Waals surface area contributed by atoms with Crippen LogP contribution in [-0.2, 0) is 6.42 Å². The predicted molar refractivity (Wildman–Crippen MR) is 91.4 cm³/mol. The lowest BCUT2D eigenvalue weighted by atomic mass is 10.0. The number of phenolic OH excluding ortho intramolecular Hbond substituents is 1. The molecule has 0 aliphatic heterocycles. The van der Waals surface area contributed by atoms with E-state index in [-0.39, 0.29) is 11.5 Å². The van der Waals surface area contributed by atoms with Crippen molar-refractivity contribution in [3.8, 4) is 5.75 Å². The van der Waals surface area contributed by atoms with Crippen LogP contribution in [0.1, 0.15) is 28.8 Å². The molecule has 3 aromatic rings. The third-order valence-corrected chi connectivity index (χ3v) is 4.28. The van der Waals surface area contributed by atoms with E-state index < -0.39 is 0 Å². The fourth-order valence-corrected chi connectivity index (χ4v) is 3.01. The van der Waals surface area contributed by atoms with Crippen LogP contribution in [0, 0.1) is 0 Å². The van der Waals surface area contributed by atoms with Gasteiger partial charge in [0.25, 0.3) is 0 Å². The van der Waals surface area contributed by atoms with E-state index in [9.17, 15) is 9.90 Å². The number of hydrogen-bond donors (Lipinski definition) is 2. The summed E-state index contributed by atoms with van der Waals surface area (Å²) < 4.78 is 0.797. The van der Waals surface area contributed by atoms with Crippen LogP contribution in [0.2, 0.25) is 0 Å². The van der Waals surface area contributed by atoms with Crippen LogP contribution >= 0.6 is 15.9 Å². The summed E-state index contributed by atoms with van der Waals surface area (Å²) in [4.78, 5) is 15.5. The Bertz CT molecular complexity index is 823. The second kappa shape index (κ2) is 6.36. The van der Waals surface area contributed by atoms with E-state index in [2.05, 4.69) is 27.0 Å². The number of hydrogen-bond acceptors (Lipinski definition) is 2. The van der Waals surface area contributed by atoms with Gasteiger partial charge in [-0.3, -0.25) is 4.79 Å². The third kappa shape index (κ3) is 3.07. The molecule has 0 unspecified atom stereocenters. The standard InChI is InChI=1S/C18H16BrNO2/c19-13-8-9-18(22)15(10-13)17(21)7-3-4-12-11-20-16-6-2-1-5-14(12)16/h1-2,5-6,8-11,20,22H,3-4,7H2. The maximum atomic E-state index is 12.2. The van der Waals surface area contributed by atoms with E-state index in [0.29, 0.717) is 12.0 Å². The molecule has 112 valence electrons. The zero-order chi connectivity index (χ0) is 15.5. The first-order valence-corrected chi connectivity index (χ1v) is 8.01. The minimum absolute atomic E-state index is 0.0290. The molecule has 0 saturated heterocycles. The van der Waals surface area contributed by atoms with Crippen molar-refractivity contribution in [1.29, 1.82) is 0 Å². The second-order valence-corrected chi connectivity index (χ2v) is 6.21. The molecule has 0 saturated carbocycles. The van der Waals surface area contributed by atoms with E-state index >= 15 is 0 Å². The fourth-order valence-electron chi connectivity index (χ4n) is 2.64. The highest BCUT2D eigenvalue weighted by Gasteiger charge is 2.12. The number of aryl methyl sites for hydroxylation is 1. The van der Waals surface area contributed by atoms with Crippen LogP contribution in [0.3, 0.4) is 0 Å². The van der Waals surface area contributed by atoms with Gasteiger partial charge in [-0.2, -0.15) is 0 Å². The predicted octanol–water partition coefficient (Wildman–Crippen LogP) is 4.84. The molecule has 0 amide bonds. The van der Waals surface area contributed by atoms with Crippen molar-refractivity contribution in [1.82, 2.24) is 4.98 Å². The van der Waals surface area contributed by atoms with Gasteiger partial charge in [-0.05, 0) is 42.7 Å². The van der Waals surface area contributed by atoms with Crippen LogP contribution in [0.4, 0.5) is 0 Å². The van der Waals surface area contributed by atoms with Gasteiger partial charge in [0.2, 0.25) is 0 Å². The van der Waals surface area contributed by atoms with E-state index in [1.165, 1.54) is 17.0 Å². The molecule has 1 aromatic heterocycles. The van der Waals surface area contributed by atoms with Crippen molar-refractivity contribution in [2.75, 3.05) is 0 Å². The first-order valence-electron chi connectivity index (χ1n) is 7.22. The van der Waals surface area contributed by atoms with E-state index in [1.807, 2.05) is 24.4 Å². The number of H-pyrrole nitrogens is 1. The molecule has 4 heteroatoms. The number of phenols is 1. The van der Waals surface area contributed by atoms with Gasteiger partial charge >= 0.3 is 0 Å². The number of para-hydroxylation sites is 1. The number of Topliss-reactive ketones (excluding diaryl/α,β-unsaturated/α-hetero) is 1. The number of ketones is 1. The normalized spacial score (nSPS) is 11.0. The van der Waals surface area contributed by atoms with Crippen LogP contribution in [0.25, 0.3) is 10.9 Å². The van der Waals surface area contributed by atoms with Gasteiger partial charge in [-0.15, -0.1) is 0 Å². The number of rotatable bonds is 5. The summed E-state index contributed by atoms with van der Waals surface area (Å²) >= 11 is 3.32. The first kappa shape index (κ1) is 14.9. The van der Waals surface area contributed by atoms with Crippen molar-refractivity contribution < 1.29 is 9.90 Å². The van der Waals surface area contributed by atoms with E-state index in [0.717, 1.165) is 22.8 Å². The third-order valence-electron chi connectivity index (χ3n) is 3.78. The minimum atomic E-state index is -0.0290. The van der Waals surface area contributed by atoms with Gasteiger partial charge in [0.15, 0.2) is 5.78 Å². The molecule has 2 aromatic carbocycles. The highest BCUT2D eigenvalue weighted by atomic mass is 79.9. The SMILES string of the molecule is O=C(CCCc1c[nH]c2ccccc12)c1cc(Br)ccc1O. The van der Waals surface area contributed by atoms with Gasteiger partial charge in [-0.25, -0.2) is 0 Å². The molecular weight excluding hydrogens is 342 g/mol. The molecule has 0 fully saturated rings. The maximum absolute atomic E-state index is 12.2. The summed E-state index contributed by atoms with van der Waals surface area (Å²) in [6.45, 7) is 0. The summed E-state index contributed by atoms with van der Waals surface area (Å²) in [7, 11) is 0. The second-order valence-electron chi connectivity index (χ2n) is 5.30. The fraction of sp³-hybridized carbons (Fsp3) is 0.167. The van der Waals surface area contributed by atoms with Gasteiger partial charge in [0, 0.05) is 28.0 Å². The number of aromatic hydroxyl groups is 1. The number of aromatic nitrogens is 1. The Balaban J connectivity index is 1.65. The Morgan fingerprint density at radius 2 is 2.00 bits per heavy atom. The van der Waals surface area contributed by atoms with Gasteiger partial charge in [-0.1, -0.05) is 34.1 Å². The first-order chi connectivity index (χ1) is 10.6. The molecule has 0 radical (unpaired) electrons. The molecule has 0 aliphatic carbocycles. The van der Waals surface area contributed by atoms with Crippen molar-refractivity contribution >= 4 is 32.6 Å². The number of nitrogens with one attached hydrogen (secondary N) is 1. The van der Waals surface area contributed by atoms with Crippen molar-refractivity contribution in [3.63, 3.8) is 0 Å². The molecule has 3 rings (SSSR count). The number of halogens is 1. The number of carbonyl (C=O) groups excluding carboxylic acids is 1. The molecule has 0 spiro atoms. The van der Waals surface area contributed by atoms with Crippen molar-refractivity contribution in [3.05, 3.63) is 64.3 Å². The lowest BCUT2D eigenvalue weighted by Gasteiger charge is -2.04. The van der Waals surface area contributed by atoms with Crippen molar-refractivity contribution in [2.24, 2.45) is 0 Å². The zero-order valence-corrected chi connectivity index (χ0v) is 13.6. The molecule has 0 bridgehead atoms. The Morgan fingerprint density at radius 1 is 1.18 bits per heavy atom. The van der Waals surface area contributed by atoms with Gasteiger partial charge in [0.05, 0.1) is 5.56 Å². The average molecular weight is 358 g/mol. The maximum Gasteiger partial charge on any atom is 0.166 e. The molecule has 3 nitrogen and oxygen atoms in total. The molecule has 1 heterocycles. The number of aromatic amines is 1. The molecule has 2 N–H and O–H groups in total. The van der Waals surface area contributed by atoms with Crippen LogP contribution < -0.4 is 0 Å². The monoisotopic (exact) mass is 357 g/mol. The highest BCUT2D eigenvalue weighted by molar-refractivity contribution is 9.10. The van der Waals surface area contributed by atoms with Gasteiger partial charge < -0.3 is 10.1 Å². The molecule has 0 atom stereocenters. The topological polar surface area (TPSA) is 53.1 Å². The lowest BCUT2D eigenvalue weighted by Crippen LogP contribution is -2.00. The number of carbonyl (C=O) groups is 1. The van der Waals surface area contributed by atoms with Crippen LogP contribution in [-0.4, -0.2) is 15.9 Å². The molecule has 0 aliphatic rings.